The van der Waals surface area contributed by atoms with Crippen LogP contribution in [0.25, 0.3) is 0 Å². The summed E-state index contributed by atoms with van der Waals surface area (Å²) in [5.41, 5.74) is 6.05. The van der Waals surface area contributed by atoms with Crippen molar-refractivity contribution in [3.05, 3.63) is 0 Å². The highest BCUT2D eigenvalue weighted by Gasteiger charge is 2.33. The van der Waals surface area contributed by atoms with Gasteiger partial charge in [0, 0.05) is 18.6 Å². The van der Waals surface area contributed by atoms with Gasteiger partial charge < -0.3 is 10.6 Å². The van der Waals surface area contributed by atoms with Gasteiger partial charge in [0.25, 0.3) is 0 Å². The standard InChI is InChI=1S/C9H18N2/c1-7-5-9(10)8-3-2-4-11(7)6-8/h7-9H,2-6,10H2,1H3/t7-,8+,9+/m1/s1. The molecule has 2 fully saturated rings. The van der Waals surface area contributed by atoms with E-state index in [1.165, 1.54) is 32.4 Å². The second-order valence-electron chi connectivity index (χ2n) is 4.15. The zero-order valence-electron chi connectivity index (χ0n) is 7.29. The van der Waals surface area contributed by atoms with Crippen LogP contribution in [0, 0.1) is 5.92 Å². The van der Waals surface area contributed by atoms with Crippen LogP contribution in [0.3, 0.4) is 0 Å². The largest absolute Gasteiger partial charge is 0.327 e. The lowest BCUT2D eigenvalue weighted by atomic mass is 9.82. The molecule has 2 saturated heterocycles. The molecule has 2 nitrogen and oxygen atoms in total. The lowest BCUT2D eigenvalue weighted by Gasteiger charge is -2.45. The van der Waals surface area contributed by atoms with Crippen molar-refractivity contribution < 1.29 is 0 Å². The molecule has 2 bridgehead atoms. The normalized spacial score (nSPS) is 50.7. The molecule has 2 heterocycles. The minimum atomic E-state index is 0.488. The van der Waals surface area contributed by atoms with E-state index in [1.54, 1.807) is 0 Å². The molecular formula is C9H18N2. The summed E-state index contributed by atoms with van der Waals surface area (Å²) in [5, 5.41) is 0. The molecule has 0 aliphatic carbocycles. The Morgan fingerprint density at radius 3 is 3.09 bits per heavy atom. The number of nitrogens with two attached hydrogens (primary N) is 1. The van der Waals surface area contributed by atoms with Gasteiger partial charge in [-0.05, 0) is 38.6 Å². The molecule has 2 aliphatic rings. The Morgan fingerprint density at radius 2 is 2.27 bits per heavy atom. The topological polar surface area (TPSA) is 29.3 Å². The average Bonchev–Trinajstić information content (AvgIpc) is 2.02. The molecule has 0 saturated carbocycles. The Hall–Kier alpha value is -0.0800. The first-order valence-electron chi connectivity index (χ1n) is 4.77. The first-order valence-corrected chi connectivity index (χ1v) is 4.77. The van der Waals surface area contributed by atoms with E-state index in [4.69, 9.17) is 5.73 Å². The average molecular weight is 154 g/mol. The van der Waals surface area contributed by atoms with Gasteiger partial charge in [-0.15, -0.1) is 0 Å². The van der Waals surface area contributed by atoms with E-state index in [9.17, 15) is 0 Å². The SMILES string of the molecule is C[C@@H]1C[C@H](N)[C@H]2CCCN1C2. The minimum absolute atomic E-state index is 0.488. The van der Waals surface area contributed by atoms with E-state index in [0.29, 0.717) is 6.04 Å². The van der Waals surface area contributed by atoms with Crippen molar-refractivity contribution in [3.8, 4) is 0 Å². The molecular weight excluding hydrogens is 136 g/mol. The number of hydrogen-bond acceptors (Lipinski definition) is 2. The third-order valence-electron chi connectivity index (χ3n) is 3.33. The Labute approximate surface area is 68.7 Å². The van der Waals surface area contributed by atoms with E-state index in [-0.39, 0.29) is 0 Å². The molecule has 0 aromatic rings. The number of hydrogen-bond donors (Lipinski definition) is 1. The maximum Gasteiger partial charge on any atom is 0.00941 e. The zero-order chi connectivity index (χ0) is 7.84. The fourth-order valence-electron chi connectivity index (χ4n) is 2.53. The van der Waals surface area contributed by atoms with Crippen molar-refractivity contribution in [2.45, 2.75) is 38.3 Å². The first-order chi connectivity index (χ1) is 5.27. The van der Waals surface area contributed by atoms with Gasteiger partial charge >= 0.3 is 0 Å². The molecule has 2 heteroatoms. The molecule has 0 spiro atoms. The summed E-state index contributed by atoms with van der Waals surface area (Å²) in [4.78, 5) is 2.59. The molecule has 4 atom stereocenters. The summed E-state index contributed by atoms with van der Waals surface area (Å²) in [6.45, 7) is 4.88. The lowest BCUT2D eigenvalue weighted by Crippen LogP contribution is -2.54. The molecule has 0 aromatic heterocycles. The van der Waals surface area contributed by atoms with Crippen LogP contribution >= 0.6 is 0 Å². The summed E-state index contributed by atoms with van der Waals surface area (Å²) >= 11 is 0. The zero-order valence-corrected chi connectivity index (χ0v) is 7.29. The van der Waals surface area contributed by atoms with Crippen molar-refractivity contribution in [2.24, 2.45) is 11.7 Å². The minimum Gasteiger partial charge on any atom is -0.327 e. The highest BCUT2D eigenvalue weighted by Crippen LogP contribution is 2.28. The number of piperidine rings is 2. The summed E-state index contributed by atoms with van der Waals surface area (Å²) in [6, 6.07) is 1.23. The molecule has 2 N–H and O–H groups in total. The van der Waals surface area contributed by atoms with Crippen LogP contribution in [0.2, 0.25) is 0 Å². The highest BCUT2D eigenvalue weighted by atomic mass is 15.2. The third kappa shape index (κ3) is 1.30. The summed E-state index contributed by atoms with van der Waals surface area (Å²) in [7, 11) is 0. The van der Waals surface area contributed by atoms with Gasteiger partial charge in [0.2, 0.25) is 0 Å². The molecule has 64 valence electrons. The van der Waals surface area contributed by atoms with Crippen LogP contribution in [-0.4, -0.2) is 30.1 Å². The lowest BCUT2D eigenvalue weighted by molar-refractivity contribution is 0.0614. The number of nitrogens with zero attached hydrogens (tertiary/aromatic N) is 1. The fourth-order valence-corrected chi connectivity index (χ4v) is 2.53. The van der Waals surface area contributed by atoms with E-state index >= 15 is 0 Å². The van der Waals surface area contributed by atoms with E-state index < -0.39 is 0 Å². The third-order valence-corrected chi connectivity index (χ3v) is 3.33. The van der Waals surface area contributed by atoms with Crippen LogP contribution in [0.4, 0.5) is 0 Å². The summed E-state index contributed by atoms with van der Waals surface area (Å²) in [5.74, 6) is 0.806. The van der Waals surface area contributed by atoms with Gasteiger partial charge in [0.1, 0.15) is 0 Å². The first kappa shape index (κ1) is 7.56. The highest BCUT2D eigenvalue weighted by molar-refractivity contribution is 4.90. The molecule has 0 radical (unpaired) electrons. The van der Waals surface area contributed by atoms with Crippen molar-refractivity contribution >= 4 is 0 Å². The number of fused-ring (bicyclic) bond motifs is 2. The second-order valence-corrected chi connectivity index (χ2v) is 4.15. The maximum absolute atomic E-state index is 6.05. The smallest absolute Gasteiger partial charge is 0.00941 e. The van der Waals surface area contributed by atoms with Gasteiger partial charge in [0.15, 0.2) is 0 Å². The van der Waals surface area contributed by atoms with Gasteiger partial charge in [-0.25, -0.2) is 0 Å². The van der Waals surface area contributed by atoms with Crippen molar-refractivity contribution in [1.82, 2.24) is 4.90 Å². The van der Waals surface area contributed by atoms with E-state index in [0.717, 1.165) is 12.0 Å². The Balaban J connectivity index is 2.05. The monoisotopic (exact) mass is 154 g/mol. The van der Waals surface area contributed by atoms with Crippen LogP contribution in [0.1, 0.15) is 26.2 Å². The van der Waals surface area contributed by atoms with Gasteiger partial charge in [0.05, 0.1) is 0 Å². The molecule has 11 heavy (non-hydrogen) atoms. The van der Waals surface area contributed by atoms with Crippen LogP contribution in [0.15, 0.2) is 0 Å². The molecule has 2 aliphatic heterocycles. The van der Waals surface area contributed by atoms with Gasteiger partial charge in [-0.3, -0.25) is 0 Å². The van der Waals surface area contributed by atoms with Crippen molar-refractivity contribution in [3.63, 3.8) is 0 Å². The predicted molar refractivity (Wildman–Crippen MR) is 46.4 cm³/mol. The molecule has 0 amide bonds. The summed E-state index contributed by atoms with van der Waals surface area (Å²) in [6.07, 6.45) is 3.94. The predicted octanol–water partition coefficient (Wildman–Crippen LogP) is 0.818. The Bertz CT molecular complexity index is 132. The fraction of sp³-hybridized carbons (Fsp3) is 1.00. The van der Waals surface area contributed by atoms with E-state index in [1.807, 2.05) is 0 Å². The van der Waals surface area contributed by atoms with Crippen molar-refractivity contribution in [2.75, 3.05) is 13.1 Å². The van der Waals surface area contributed by atoms with Crippen LogP contribution < -0.4 is 5.73 Å². The second kappa shape index (κ2) is 2.76. The Kier molecular flexibility index (Phi) is 1.90. The van der Waals surface area contributed by atoms with Crippen molar-refractivity contribution in [1.29, 1.82) is 0 Å². The van der Waals surface area contributed by atoms with Gasteiger partial charge in [-0.1, -0.05) is 0 Å². The molecule has 2 rings (SSSR count). The quantitative estimate of drug-likeness (QED) is 0.559. The molecule has 0 aromatic carbocycles. The van der Waals surface area contributed by atoms with E-state index in [2.05, 4.69) is 11.8 Å². The van der Waals surface area contributed by atoms with Gasteiger partial charge in [-0.2, -0.15) is 0 Å². The number of rotatable bonds is 0. The Morgan fingerprint density at radius 1 is 1.45 bits per heavy atom. The summed E-state index contributed by atoms with van der Waals surface area (Å²) < 4.78 is 0. The molecule has 1 unspecified atom stereocenters. The van der Waals surface area contributed by atoms with Crippen LogP contribution in [0.5, 0.6) is 0 Å². The maximum atomic E-state index is 6.05. The van der Waals surface area contributed by atoms with Crippen LogP contribution in [-0.2, 0) is 0 Å².